The highest BCUT2D eigenvalue weighted by Gasteiger charge is 2.32. The SMILES string of the molecule is CCCNC(C)c1cccc(S(=O)(=O)N2CCCC2C)c1. The van der Waals surface area contributed by atoms with E-state index in [9.17, 15) is 8.42 Å². The Balaban J connectivity index is 2.24. The summed E-state index contributed by atoms with van der Waals surface area (Å²) < 4.78 is 27.1. The van der Waals surface area contributed by atoms with E-state index in [1.165, 1.54) is 0 Å². The van der Waals surface area contributed by atoms with E-state index in [0.29, 0.717) is 11.4 Å². The summed E-state index contributed by atoms with van der Waals surface area (Å²) >= 11 is 0. The molecule has 0 aliphatic carbocycles. The second kappa shape index (κ2) is 6.90. The molecule has 1 fully saturated rings. The van der Waals surface area contributed by atoms with Crippen LogP contribution >= 0.6 is 0 Å². The molecule has 0 bridgehead atoms. The van der Waals surface area contributed by atoms with Gasteiger partial charge in [0.25, 0.3) is 0 Å². The molecule has 1 aliphatic heterocycles. The Labute approximate surface area is 128 Å². The minimum absolute atomic E-state index is 0.106. The Kier molecular flexibility index (Phi) is 5.41. The van der Waals surface area contributed by atoms with Crippen molar-refractivity contribution in [2.45, 2.75) is 57.0 Å². The molecule has 118 valence electrons. The summed E-state index contributed by atoms with van der Waals surface area (Å²) in [6.07, 6.45) is 2.97. The van der Waals surface area contributed by atoms with Gasteiger partial charge in [0.05, 0.1) is 4.90 Å². The normalized spacial score (nSPS) is 21.6. The van der Waals surface area contributed by atoms with Crippen LogP contribution in [0.2, 0.25) is 0 Å². The van der Waals surface area contributed by atoms with E-state index < -0.39 is 10.0 Å². The van der Waals surface area contributed by atoms with Gasteiger partial charge < -0.3 is 5.32 Å². The van der Waals surface area contributed by atoms with Gasteiger partial charge in [0, 0.05) is 18.6 Å². The summed E-state index contributed by atoms with van der Waals surface area (Å²) in [5.41, 5.74) is 1.02. The van der Waals surface area contributed by atoms with Crippen LogP contribution in [0.5, 0.6) is 0 Å². The van der Waals surface area contributed by atoms with E-state index in [0.717, 1.165) is 31.4 Å². The molecule has 1 aromatic carbocycles. The van der Waals surface area contributed by atoms with Gasteiger partial charge in [-0.05, 0) is 57.4 Å². The fourth-order valence-corrected chi connectivity index (χ4v) is 4.58. The van der Waals surface area contributed by atoms with Crippen LogP contribution in [0.15, 0.2) is 29.2 Å². The molecule has 1 aromatic rings. The highest BCUT2D eigenvalue weighted by Crippen LogP contribution is 2.27. The van der Waals surface area contributed by atoms with Gasteiger partial charge in [0.15, 0.2) is 0 Å². The molecule has 0 saturated carbocycles. The van der Waals surface area contributed by atoms with Crippen LogP contribution in [0.25, 0.3) is 0 Å². The van der Waals surface area contributed by atoms with Crippen molar-refractivity contribution >= 4 is 10.0 Å². The summed E-state index contributed by atoms with van der Waals surface area (Å²) in [6.45, 7) is 7.74. The maximum Gasteiger partial charge on any atom is 0.243 e. The van der Waals surface area contributed by atoms with Gasteiger partial charge in [-0.2, -0.15) is 4.31 Å². The first-order chi connectivity index (χ1) is 9.96. The largest absolute Gasteiger partial charge is 0.310 e. The molecule has 4 nitrogen and oxygen atoms in total. The summed E-state index contributed by atoms with van der Waals surface area (Å²) in [5, 5.41) is 3.40. The number of sulfonamides is 1. The molecule has 1 saturated heterocycles. The van der Waals surface area contributed by atoms with E-state index in [2.05, 4.69) is 19.2 Å². The first kappa shape index (κ1) is 16.5. The maximum atomic E-state index is 12.7. The molecule has 2 atom stereocenters. The number of hydrogen-bond acceptors (Lipinski definition) is 3. The highest BCUT2D eigenvalue weighted by atomic mass is 32.2. The van der Waals surface area contributed by atoms with Gasteiger partial charge in [-0.1, -0.05) is 19.1 Å². The van der Waals surface area contributed by atoms with Gasteiger partial charge >= 0.3 is 0 Å². The number of nitrogens with one attached hydrogen (secondary N) is 1. The zero-order chi connectivity index (χ0) is 15.5. The van der Waals surface area contributed by atoms with Gasteiger partial charge in [0.2, 0.25) is 10.0 Å². The third kappa shape index (κ3) is 3.65. The van der Waals surface area contributed by atoms with Crippen molar-refractivity contribution in [3.8, 4) is 0 Å². The third-order valence-electron chi connectivity index (χ3n) is 4.16. The molecular weight excluding hydrogens is 284 g/mol. The molecule has 0 aromatic heterocycles. The fraction of sp³-hybridized carbons (Fsp3) is 0.625. The Hall–Kier alpha value is -0.910. The van der Waals surface area contributed by atoms with Crippen LogP contribution in [0.3, 0.4) is 0 Å². The molecular formula is C16H26N2O2S. The van der Waals surface area contributed by atoms with E-state index in [-0.39, 0.29) is 12.1 Å². The first-order valence-corrected chi connectivity index (χ1v) is 9.26. The molecule has 1 heterocycles. The van der Waals surface area contributed by atoms with Crippen LogP contribution < -0.4 is 5.32 Å². The number of benzene rings is 1. The monoisotopic (exact) mass is 310 g/mol. The molecule has 2 unspecified atom stereocenters. The third-order valence-corrected chi connectivity index (χ3v) is 6.17. The Morgan fingerprint density at radius 2 is 2.19 bits per heavy atom. The van der Waals surface area contributed by atoms with E-state index in [1.54, 1.807) is 10.4 Å². The first-order valence-electron chi connectivity index (χ1n) is 7.82. The maximum absolute atomic E-state index is 12.7. The number of nitrogens with zero attached hydrogens (tertiary/aromatic N) is 1. The topological polar surface area (TPSA) is 49.4 Å². The van der Waals surface area contributed by atoms with Crippen molar-refractivity contribution in [3.63, 3.8) is 0 Å². The summed E-state index contributed by atoms with van der Waals surface area (Å²) in [5.74, 6) is 0. The molecule has 0 spiro atoms. The molecule has 5 heteroatoms. The lowest BCUT2D eigenvalue weighted by Crippen LogP contribution is -2.33. The highest BCUT2D eigenvalue weighted by molar-refractivity contribution is 7.89. The minimum atomic E-state index is -3.36. The van der Waals surface area contributed by atoms with E-state index >= 15 is 0 Å². The van der Waals surface area contributed by atoms with Crippen LogP contribution in [-0.2, 0) is 10.0 Å². The number of hydrogen-bond donors (Lipinski definition) is 1. The molecule has 1 aliphatic rings. The summed E-state index contributed by atoms with van der Waals surface area (Å²) in [6, 6.07) is 7.61. The van der Waals surface area contributed by atoms with Crippen molar-refractivity contribution < 1.29 is 8.42 Å². The van der Waals surface area contributed by atoms with Gasteiger partial charge in [0.1, 0.15) is 0 Å². The van der Waals surface area contributed by atoms with E-state index in [1.807, 2.05) is 25.1 Å². The van der Waals surface area contributed by atoms with Gasteiger partial charge in [-0.3, -0.25) is 0 Å². The molecule has 21 heavy (non-hydrogen) atoms. The van der Waals surface area contributed by atoms with Crippen LogP contribution in [-0.4, -0.2) is 31.9 Å². The average Bonchev–Trinajstić information content (AvgIpc) is 2.91. The average molecular weight is 310 g/mol. The summed E-state index contributed by atoms with van der Waals surface area (Å²) in [4.78, 5) is 0.416. The molecule has 2 rings (SSSR count). The van der Waals surface area contributed by atoms with Crippen LogP contribution in [0.1, 0.15) is 51.6 Å². The van der Waals surface area contributed by atoms with E-state index in [4.69, 9.17) is 0 Å². The Bertz CT molecular complexity index is 571. The second-order valence-corrected chi connectivity index (χ2v) is 7.75. The standard InChI is InChI=1S/C16H26N2O2S/c1-4-10-17-14(3)15-8-5-9-16(12-15)21(19,20)18-11-6-7-13(18)2/h5,8-9,12-14,17H,4,6-7,10-11H2,1-3H3. The van der Waals surface area contributed by atoms with Crippen molar-refractivity contribution in [2.75, 3.05) is 13.1 Å². The van der Waals surface area contributed by atoms with Gasteiger partial charge in [-0.15, -0.1) is 0 Å². The fourth-order valence-electron chi connectivity index (χ4n) is 2.82. The number of rotatable bonds is 6. The quantitative estimate of drug-likeness (QED) is 0.879. The van der Waals surface area contributed by atoms with Crippen molar-refractivity contribution in [1.29, 1.82) is 0 Å². The minimum Gasteiger partial charge on any atom is -0.310 e. The Morgan fingerprint density at radius 3 is 2.81 bits per heavy atom. The van der Waals surface area contributed by atoms with Crippen molar-refractivity contribution in [2.24, 2.45) is 0 Å². The molecule has 0 radical (unpaired) electrons. The lowest BCUT2D eigenvalue weighted by atomic mass is 10.1. The van der Waals surface area contributed by atoms with Gasteiger partial charge in [-0.25, -0.2) is 8.42 Å². The lowest BCUT2D eigenvalue weighted by molar-refractivity contribution is 0.408. The molecule has 1 N–H and O–H groups in total. The predicted molar refractivity (Wildman–Crippen MR) is 85.7 cm³/mol. The van der Waals surface area contributed by atoms with Crippen LogP contribution in [0, 0.1) is 0 Å². The zero-order valence-electron chi connectivity index (χ0n) is 13.2. The zero-order valence-corrected chi connectivity index (χ0v) is 14.0. The molecule has 0 amide bonds. The summed E-state index contributed by atoms with van der Waals surface area (Å²) in [7, 11) is -3.36. The predicted octanol–water partition coefficient (Wildman–Crippen LogP) is 2.92. The lowest BCUT2D eigenvalue weighted by Gasteiger charge is -2.22. The Morgan fingerprint density at radius 1 is 1.43 bits per heavy atom. The van der Waals surface area contributed by atoms with Crippen molar-refractivity contribution in [3.05, 3.63) is 29.8 Å². The van der Waals surface area contributed by atoms with Crippen molar-refractivity contribution in [1.82, 2.24) is 9.62 Å². The smallest absolute Gasteiger partial charge is 0.243 e. The van der Waals surface area contributed by atoms with Crippen LogP contribution in [0.4, 0.5) is 0 Å². The second-order valence-electron chi connectivity index (χ2n) is 5.86.